The van der Waals surface area contributed by atoms with Crippen molar-refractivity contribution in [3.8, 4) is 0 Å². The van der Waals surface area contributed by atoms with E-state index in [1.807, 2.05) is 73.7 Å². The quantitative estimate of drug-likeness (QED) is 0.180. The molecule has 0 aliphatic carbocycles. The second-order valence-corrected chi connectivity index (χ2v) is 9.26. The molecule has 0 amide bonds. The summed E-state index contributed by atoms with van der Waals surface area (Å²) in [6.45, 7) is 4.22. The van der Waals surface area contributed by atoms with Crippen molar-refractivity contribution in [1.82, 2.24) is 4.98 Å². The molecular formula is C25H28NO4PS. The van der Waals surface area contributed by atoms with E-state index in [4.69, 9.17) is 14.5 Å². The number of aromatic nitrogens is 1. The molecule has 0 radical (unpaired) electrons. The van der Waals surface area contributed by atoms with E-state index >= 15 is 0 Å². The molecule has 1 aromatic heterocycles. The third-order valence-corrected chi connectivity index (χ3v) is 7.45. The SMILES string of the molecule is CCOC(=O)C(CCc1ccccc1)C(CSc1ccc2ccccc2n1)(OCC)P=O. The number of para-hydroxylation sites is 1. The number of ether oxygens (including phenoxy) is 2. The first kappa shape index (κ1) is 24.4. The predicted molar refractivity (Wildman–Crippen MR) is 129 cm³/mol. The summed E-state index contributed by atoms with van der Waals surface area (Å²) in [6.07, 6.45) is 1.14. The minimum atomic E-state index is -1.20. The molecule has 0 fully saturated rings. The van der Waals surface area contributed by atoms with Gasteiger partial charge in [0.1, 0.15) is 0 Å². The van der Waals surface area contributed by atoms with Gasteiger partial charge in [0.2, 0.25) is 0 Å². The lowest BCUT2D eigenvalue weighted by Crippen LogP contribution is -2.43. The van der Waals surface area contributed by atoms with Gasteiger partial charge in [-0.25, -0.2) is 4.98 Å². The van der Waals surface area contributed by atoms with Crippen molar-refractivity contribution in [2.75, 3.05) is 19.0 Å². The largest absolute Gasteiger partial charge is 0.466 e. The Morgan fingerprint density at radius 3 is 2.50 bits per heavy atom. The highest BCUT2D eigenvalue weighted by atomic mass is 32.2. The summed E-state index contributed by atoms with van der Waals surface area (Å²) in [5.74, 6) is -0.739. The fourth-order valence-corrected chi connectivity index (χ4v) is 5.55. The molecule has 0 bridgehead atoms. The number of aryl methyl sites for hydroxylation is 1. The zero-order chi connectivity index (χ0) is 22.8. The molecule has 0 aliphatic heterocycles. The Kier molecular flexibility index (Phi) is 9.22. The van der Waals surface area contributed by atoms with Gasteiger partial charge >= 0.3 is 5.97 Å². The van der Waals surface area contributed by atoms with Gasteiger partial charge in [0, 0.05) is 17.7 Å². The third-order valence-electron chi connectivity index (χ3n) is 5.23. The predicted octanol–water partition coefficient (Wildman–Crippen LogP) is 6.16. The topological polar surface area (TPSA) is 65.5 Å². The van der Waals surface area contributed by atoms with Gasteiger partial charge in [-0.1, -0.05) is 54.6 Å². The van der Waals surface area contributed by atoms with Crippen LogP contribution >= 0.6 is 20.2 Å². The number of pyridine rings is 1. The van der Waals surface area contributed by atoms with Crippen molar-refractivity contribution >= 4 is 37.1 Å². The van der Waals surface area contributed by atoms with E-state index in [2.05, 4.69) is 0 Å². The van der Waals surface area contributed by atoms with Crippen LogP contribution in [0.5, 0.6) is 0 Å². The Hall–Kier alpha value is -2.27. The van der Waals surface area contributed by atoms with Crippen molar-refractivity contribution in [3.63, 3.8) is 0 Å². The number of rotatable bonds is 12. The Bertz CT molecular complexity index is 1030. The number of esters is 1. The van der Waals surface area contributed by atoms with Gasteiger partial charge in [0.25, 0.3) is 0 Å². The molecule has 0 saturated carbocycles. The molecule has 3 rings (SSSR count). The maximum atomic E-state index is 13.0. The van der Waals surface area contributed by atoms with Crippen LogP contribution in [-0.2, 0) is 25.3 Å². The number of thioether (sulfide) groups is 1. The van der Waals surface area contributed by atoms with E-state index in [1.165, 1.54) is 11.8 Å². The molecule has 32 heavy (non-hydrogen) atoms. The standard InChI is InChI=1S/C25H28NO4PS/c1-3-29-24(27)21(16-14-19-10-6-5-7-11-19)25(31-28,30-4-2)18-32-23-17-15-20-12-8-9-13-22(20)26-23/h5-13,15,17,21H,3-4,14,16,18H2,1-2H3. The highest BCUT2D eigenvalue weighted by Gasteiger charge is 2.46. The average molecular weight is 470 g/mol. The maximum Gasteiger partial charge on any atom is 0.312 e. The summed E-state index contributed by atoms with van der Waals surface area (Å²) < 4.78 is 23.9. The molecule has 3 aromatic rings. The molecule has 2 unspecified atom stereocenters. The first-order valence-electron chi connectivity index (χ1n) is 10.8. The van der Waals surface area contributed by atoms with Crippen molar-refractivity contribution < 1.29 is 18.8 Å². The van der Waals surface area contributed by atoms with E-state index in [-0.39, 0.29) is 21.0 Å². The molecule has 0 N–H and O–H groups in total. The summed E-state index contributed by atoms with van der Waals surface area (Å²) in [5.41, 5.74) is 2.00. The van der Waals surface area contributed by atoms with E-state index in [9.17, 15) is 9.36 Å². The zero-order valence-corrected chi connectivity index (χ0v) is 20.1. The van der Waals surface area contributed by atoms with Crippen LogP contribution < -0.4 is 0 Å². The van der Waals surface area contributed by atoms with Crippen molar-refractivity contribution in [3.05, 3.63) is 72.3 Å². The molecule has 1 heterocycles. The number of nitrogens with zero attached hydrogens (tertiary/aromatic N) is 1. The Balaban J connectivity index is 1.85. The second-order valence-electron chi connectivity index (χ2n) is 7.33. The number of fused-ring (bicyclic) bond motifs is 1. The summed E-state index contributed by atoms with van der Waals surface area (Å²) in [7, 11) is -0.239. The van der Waals surface area contributed by atoms with Crippen LogP contribution in [0.4, 0.5) is 0 Å². The number of carbonyl (C=O) groups excluding carboxylic acids is 1. The average Bonchev–Trinajstić information content (AvgIpc) is 2.83. The summed E-state index contributed by atoms with van der Waals surface area (Å²) in [6, 6.07) is 21.8. The van der Waals surface area contributed by atoms with Crippen LogP contribution in [0.15, 0.2) is 71.8 Å². The maximum absolute atomic E-state index is 13.0. The summed E-state index contributed by atoms with van der Waals surface area (Å²) in [4.78, 5) is 17.7. The Morgan fingerprint density at radius 1 is 1.03 bits per heavy atom. The molecule has 0 aliphatic rings. The van der Waals surface area contributed by atoms with E-state index in [1.54, 1.807) is 6.92 Å². The van der Waals surface area contributed by atoms with Gasteiger partial charge in [-0.05, 0) is 44.4 Å². The molecule has 7 heteroatoms. The Labute approximate surface area is 195 Å². The Morgan fingerprint density at radius 2 is 1.78 bits per heavy atom. The van der Waals surface area contributed by atoms with Crippen molar-refractivity contribution in [2.45, 2.75) is 37.1 Å². The van der Waals surface area contributed by atoms with Crippen LogP contribution in [0.3, 0.4) is 0 Å². The smallest absolute Gasteiger partial charge is 0.312 e. The summed E-state index contributed by atoms with van der Waals surface area (Å²) >= 11 is 1.44. The molecular weight excluding hydrogens is 441 g/mol. The van der Waals surface area contributed by atoms with Gasteiger partial charge < -0.3 is 9.47 Å². The third kappa shape index (κ3) is 6.16. The molecule has 168 valence electrons. The lowest BCUT2D eigenvalue weighted by Gasteiger charge is -2.33. The molecule has 2 atom stereocenters. The first-order valence-corrected chi connectivity index (χ1v) is 12.6. The normalized spacial score (nSPS) is 14.2. The van der Waals surface area contributed by atoms with Gasteiger partial charge in [0.05, 0.1) is 23.1 Å². The highest BCUT2D eigenvalue weighted by molar-refractivity contribution is 7.99. The van der Waals surface area contributed by atoms with E-state index in [0.717, 1.165) is 21.5 Å². The monoisotopic (exact) mass is 469 g/mol. The number of hydrogen-bond donors (Lipinski definition) is 0. The van der Waals surface area contributed by atoms with E-state index in [0.29, 0.717) is 25.2 Å². The fourth-order valence-electron chi connectivity index (χ4n) is 3.64. The minimum absolute atomic E-state index is 0.239. The second kappa shape index (κ2) is 12.1. The van der Waals surface area contributed by atoms with Gasteiger partial charge in [-0.15, -0.1) is 11.8 Å². The van der Waals surface area contributed by atoms with Gasteiger partial charge in [0.15, 0.2) is 13.8 Å². The lowest BCUT2D eigenvalue weighted by molar-refractivity contribution is -0.155. The van der Waals surface area contributed by atoms with Crippen LogP contribution in [0.25, 0.3) is 10.9 Å². The van der Waals surface area contributed by atoms with Crippen molar-refractivity contribution in [2.24, 2.45) is 5.92 Å². The number of hydrogen-bond acceptors (Lipinski definition) is 6. The molecule has 5 nitrogen and oxygen atoms in total. The summed E-state index contributed by atoms with van der Waals surface area (Å²) in [5, 5.41) is 0.651. The van der Waals surface area contributed by atoms with Crippen molar-refractivity contribution in [1.29, 1.82) is 0 Å². The number of benzene rings is 2. The van der Waals surface area contributed by atoms with Crippen LogP contribution in [-0.4, -0.2) is 35.3 Å². The van der Waals surface area contributed by atoms with Gasteiger partial charge in [-0.2, -0.15) is 0 Å². The van der Waals surface area contributed by atoms with Crippen LogP contribution in [0.2, 0.25) is 0 Å². The van der Waals surface area contributed by atoms with E-state index < -0.39 is 11.3 Å². The molecule has 0 spiro atoms. The van der Waals surface area contributed by atoms with Gasteiger partial charge in [-0.3, -0.25) is 9.36 Å². The first-order chi connectivity index (χ1) is 15.6. The number of carbonyl (C=O) groups is 1. The minimum Gasteiger partial charge on any atom is -0.466 e. The highest BCUT2D eigenvalue weighted by Crippen LogP contribution is 2.41. The molecule has 2 aromatic carbocycles. The zero-order valence-electron chi connectivity index (χ0n) is 18.4. The molecule has 0 saturated heterocycles. The van der Waals surface area contributed by atoms with Crippen LogP contribution in [0, 0.1) is 5.92 Å². The fraction of sp³-hybridized carbons (Fsp3) is 0.360. The van der Waals surface area contributed by atoms with Crippen LogP contribution in [0.1, 0.15) is 25.8 Å². The lowest BCUT2D eigenvalue weighted by atomic mass is 9.94.